The molecule has 5 nitrogen and oxygen atoms in total. The molecule has 0 saturated heterocycles. The fourth-order valence-corrected chi connectivity index (χ4v) is 1.76. The monoisotopic (exact) mass is 293 g/mol. The molecule has 0 radical (unpaired) electrons. The summed E-state index contributed by atoms with van der Waals surface area (Å²) in [6.07, 6.45) is 0. The first-order chi connectivity index (χ1) is 9.97. The van der Waals surface area contributed by atoms with Crippen LogP contribution in [-0.4, -0.2) is 22.2 Å². The standard InChI is InChI=1S/C14H13F2N3O2/c1-9-2-5-13(20)19(18-9)7-6-17-14(21)11-4-3-10(15)8-12(11)16/h2-5,8H,6-7H2,1H3,(H,17,21). The average molecular weight is 293 g/mol. The molecule has 1 amide bonds. The minimum atomic E-state index is -0.932. The van der Waals surface area contributed by atoms with Crippen molar-refractivity contribution in [3.63, 3.8) is 0 Å². The quantitative estimate of drug-likeness (QED) is 0.923. The highest BCUT2D eigenvalue weighted by Crippen LogP contribution is 2.09. The molecule has 0 aliphatic heterocycles. The van der Waals surface area contributed by atoms with Gasteiger partial charge < -0.3 is 5.32 Å². The summed E-state index contributed by atoms with van der Waals surface area (Å²) in [6, 6.07) is 5.68. The maximum atomic E-state index is 13.4. The Morgan fingerprint density at radius 2 is 2.05 bits per heavy atom. The van der Waals surface area contributed by atoms with E-state index in [2.05, 4.69) is 10.4 Å². The largest absolute Gasteiger partial charge is 0.350 e. The molecule has 0 spiro atoms. The minimum absolute atomic E-state index is 0.103. The molecule has 110 valence electrons. The van der Waals surface area contributed by atoms with Crippen molar-refractivity contribution in [2.75, 3.05) is 6.54 Å². The van der Waals surface area contributed by atoms with Crippen LogP contribution in [0.2, 0.25) is 0 Å². The zero-order valence-corrected chi connectivity index (χ0v) is 11.3. The van der Waals surface area contributed by atoms with Gasteiger partial charge in [-0.15, -0.1) is 0 Å². The van der Waals surface area contributed by atoms with Crippen molar-refractivity contribution in [2.45, 2.75) is 13.5 Å². The smallest absolute Gasteiger partial charge is 0.266 e. The first-order valence-corrected chi connectivity index (χ1v) is 6.25. The zero-order chi connectivity index (χ0) is 15.4. The van der Waals surface area contributed by atoms with Crippen molar-refractivity contribution >= 4 is 5.91 Å². The highest BCUT2D eigenvalue weighted by Gasteiger charge is 2.11. The van der Waals surface area contributed by atoms with Crippen LogP contribution in [0.3, 0.4) is 0 Å². The van der Waals surface area contributed by atoms with Crippen LogP contribution in [0.25, 0.3) is 0 Å². The van der Waals surface area contributed by atoms with Gasteiger partial charge in [0, 0.05) is 18.7 Å². The van der Waals surface area contributed by atoms with Crippen LogP contribution >= 0.6 is 0 Å². The first-order valence-electron chi connectivity index (χ1n) is 6.25. The normalized spacial score (nSPS) is 10.4. The molecule has 0 aliphatic rings. The Hall–Kier alpha value is -2.57. The van der Waals surface area contributed by atoms with Crippen LogP contribution in [0.4, 0.5) is 8.78 Å². The van der Waals surface area contributed by atoms with Crippen LogP contribution in [0, 0.1) is 18.6 Å². The number of rotatable bonds is 4. The van der Waals surface area contributed by atoms with E-state index in [1.54, 1.807) is 13.0 Å². The van der Waals surface area contributed by atoms with Crippen LogP contribution in [-0.2, 0) is 6.54 Å². The number of hydrogen-bond donors (Lipinski definition) is 1. The van der Waals surface area contributed by atoms with Crippen molar-refractivity contribution < 1.29 is 13.6 Å². The molecular weight excluding hydrogens is 280 g/mol. The van der Waals surface area contributed by atoms with Crippen LogP contribution in [0.1, 0.15) is 16.1 Å². The minimum Gasteiger partial charge on any atom is -0.350 e. The van der Waals surface area contributed by atoms with Gasteiger partial charge in [-0.1, -0.05) is 0 Å². The molecule has 0 unspecified atom stereocenters. The zero-order valence-electron chi connectivity index (χ0n) is 11.3. The lowest BCUT2D eigenvalue weighted by Gasteiger charge is -2.08. The molecule has 1 aromatic carbocycles. The number of carbonyl (C=O) groups is 1. The fraction of sp³-hybridized carbons (Fsp3) is 0.214. The summed E-state index contributed by atoms with van der Waals surface area (Å²) in [5.74, 6) is -2.36. The van der Waals surface area contributed by atoms with Crippen LogP contribution < -0.4 is 10.9 Å². The van der Waals surface area contributed by atoms with E-state index in [-0.39, 0.29) is 24.2 Å². The second kappa shape index (κ2) is 6.25. The summed E-state index contributed by atoms with van der Waals surface area (Å²) < 4.78 is 27.4. The molecule has 0 bridgehead atoms. The van der Waals surface area contributed by atoms with Crippen LogP contribution in [0.5, 0.6) is 0 Å². The van der Waals surface area contributed by atoms with Gasteiger partial charge in [0.2, 0.25) is 0 Å². The number of nitrogens with zero attached hydrogens (tertiary/aromatic N) is 2. The van der Waals surface area contributed by atoms with Gasteiger partial charge in [0.05, 0.1) is 17.8 Å². The molecule has 1 aromatic heterocycles. The summed E-state index contributed by atoms with van der Waals surface area (Å²) in [4.78, 5) is 23.2. The fourth-order valence-electron chi connectivity index (χ4n) is 1.76. The first kappa shape index (κ1) is 14.8. The molecule has 0 fully saturated rings. The van der Waals surface area contributed by atoms with Crippen molar-refractivity contribution in [3.8, 4) is 0 Å². The Bertz CT molecular complexity index is 728. The predicted molar refractivity (Wildman–Crippen MR) is 71.9 cm³/mol. The van der Waals surface area contributed by atoms with Gasteiger partial charge in [-0.2, -0.15) is 5.10 Å². The molecule has 0 saturated carbocycles. The van der Waals surface area contributed by atoms with E-state index in [9.17, 15) is 18.4 Å². The number of nitrogens with one attached hydrogen (secondary N) is 1. The van der Waals surface area contributed by atoms with E-state index < -0.39 is 17.5 Å². The highest BCUT2D eigenvalue weighted by molar-refractivity contribution is 5.94. The number of benzene rings is 1. The molecule has 0 atom stereocenters. The summed E-state index contributed by atoms with van der Waals surface area (Å²) in [7, 11) is 0. The second-order valence-electron chi connectivity index (χ2n) is 4.42. The molecular formula is C14H13F2N3O2. The maximum absolute atomic E-state index is 13.4. The summed E-state index contributed by atoms with van der Waals surface area (Å²) in [5, 5.41) is 6.45. The molecule has 1 N–H and O–H groups in total. The van der Waals surface area contributed by atoms with E-state index in [1.165, 1.54) is 10.7 Å². The van der Waals surface area contributed by atoms with E-state index in [0.717, 1.165) is 12.1 Å². The Balaban J connectivity index is 1.98. The van der Waals surface area contributed by atoms with Gasteiger partial charge in [-0.05, 0) is 25.1 Å². The average Bonchev–Trinajstić information content (AvgIpc) is 2.42. The molecule has 2 aromatic rings. The van der Waals surface area contributed by atoms with Gasteiger partial charge in [0.15, 0.2) is 0 Å². The number of aryl methyl sites for hydroxylation is 1. The second-order valence-corrected chi connectivity index (χ2v) is 4.42. The predicted octanol–water partition coefficient (Wildman–Crippen LogP) is 1.26. The van der Waals surface area contributed by atoms with E-state index in [1.807, 2.05) is 0 Å². The highest BCUT2D eigenvalue weighted by atomic mass is 19.1. The molecule has 1 heterocycles. The van der Waals surface area contributed by atoms with E-state index >= 15 is 0 Å². The van der Waals surface area contributed by atoms with Gasteiger partial charge in [-0.3, -0.25) is 9.59 Å². The lowest BCUT2D eigenvalue weighted by Crippen LogP contribution is -2.32. The van der Waals surface area contributed by atoms with Crippen molar-refractivity contribution in [2.24, 2.45) is 0 Å². The van der Waals surface area contributed by atoms with Crippen molar-refractivity contribution in [3.05, 3.63) is 63.6 Å². The lowest BCUT2D eigenvalue weighted by atomic mass is 10.2. The maximum Gasteiger partial charge on any atom is 0.266 e. The number of halogens is 2. The Morgan fingerprint density at radius 3 is 2.76 bits per heavy atom. The molecule has 0 aliphatic carbocycles. The summed E-state index contributed by atoms with van der Waals surface area (Å²) >= 11 is 0. The lowest BCUT2D eigenvalue weighted by molar-refractivity contribution is 0.0947. The number of carbonyl (C=O) groups excluding carboxylic acids is 1. The third kappa shape index (κ3) is 3.71. The number of hydrogen-bond acceptors (Lipinski definition) is 3. The van der Waals surface area contributed by atoms with Gasteiger partial charge in [0.25, 0.3) is 11.5 Å². The Kier molecular flexibility index (Phi) is 4.42. The molecule has 21 heavy (non-hydrogen) atoms. The van der Waals surface area contributed by atoms with Gasteiger partial charge in [-0.25, -0.2) is 13.5 Å². The van der Waals surface area contributed by atoms with Gasteiger partial charge >= 0.3 is 0 Å². The van der Waals surface area contributed by atoms with Gasteiger partial charge in [0.1, 0.15) is 11.6 Å². The molecule has 2 rings (SSSR count). The third-order valence-electron chi connectivity index (χ3n) is 2.78. The Labute approximate surface area is 119 Å². The van der Waals surface area contributed by atoms with E-state index in [0.29, 0.717) is 11.8 Å². The van der Waals surface area contributed by atoms with Crippen LogP contribution in [0.15, 0.2) is 35.1 Å². The van der Waals surface area contributed by atoms with E-state index in [4.69, 9.17) is 0 Å². The third-order valence-corrected chi connectivity index (χ3v) is 2.78. The SMILES string of the molecule is Cc1ccc(=O)n(CCNC(=O)c2ccc(F)cc2F)n1. The Morgan fingerprint density at radius 1 is 1.29 bits per heavy atom. The topological polar surface area (TPSA) is 64.0 Å². The number of amides is 1. The molecule has 7 heteroatoms. The summed E-state index contributed by atoms with van der Waals surface area (Å²) in [5.41, 5.74) is 0.134. The van der Waals surface area contributed by atoms with Crippen molar-refractivity contribution in [1.82, 2.24) is 15.1 Å². The van der Waals surface area contributed by atoms with Crippen molar-refractivity contribution in [1.29, 1.82) is 0 Å². The number of aromatic nitrogens is 2. The summed E-state index contributed by atoms with van der Waals surface area (Å²) in [6.45, 7) is 2.00.